The fraction of sp³-hybridized carbons (Fsp3) is 0. The predicted octanol–water partition coefficient (Wildman–Crippen LogP) is 35.0. The van der Waals surface area contributed by atoms with Crippen molar-refractivity contribution >= 4 is 194 Å². The van der Waals surface area contributed by atoms with Crippen molar-refractivity contribution in [1.29, 1.82) is 0 Å². The molecule has 28 rings (SSSR count). The van der Waals surface area contributed by atoms with Gasteiger partial charge in [0.2, 0.25) is 0 Å². The zero-order chi connectivity index (χ0) is 86.1. The first-order valence-corrected chi connectivity index (χ1v) is 45.8. The lowest BCUT2D eigenvalue weighted by atomic mass is 9.94. The highest BCUT2D eigenvalue weighted by atomic mass is 32.1. The van der Waals surface area contributed by atoms with Crippen LogP contribution < -0.4 is 0 Å². The quantitative estimate of drug-likeness (QED) is 0.142. The molecule has 9 heteroatoms. The molecule has 0 saturated carbocycles. The van der Waals surface area contributed by atoms with Crippen LogP contribution in [0.1, 0.15) is 0 Å². The topological polar surface area (TPSA) is 91.0 Å². The Bertz CT molecular complexity index is 9490. The van der Waals surface area contributed by atoms with Crippen LogP contribution >= 0.6 is 22.7 Å². The normalized spacial score (nSPS) is 11.8. The Kier molecular flexibility index (Phi) is 17.9. The van der Waals surface area contributed by atoms with E-state index < -0.39 is 0 Å². The van der Waals surface area contributed by atoms with Gasteiger partial charge < -0.3 is 13.3 Å². The Hall–Kier alpha value is -16.8. The Morgan fingerprint density at radius 2 is 0.550 bits per heavy atom. The molecule has 0 atom stereocenters. The molecular weight excluding hydrogens is 1630 g/mol. The average molecular weight is 1710 g/mol. The van der Waals surface area contributed by atoms with Gasteiger partial charge in [-0.15, -0.1) is 22.7 Å². The van der Waals surface area contributed by atoms with Gasteiger partial charge in [-0.1, -0.05) is 309 Å². The first kappa shape index (κ1) is 75.5. The molecule has 9 aromatic heterocycles. The van der Waals surface area contributed by atoms with Crippen molar-refractivity contribution in [2.45, 2.75) is 0 Å². The molecule has 0 N–H and O–H groups in total. The van der Waals surface area contributed by atoms with Crippen LogP contribution in [-0.2, 0) is 0 Å². The van der Waals surface area contributed by atoms with Crippen LogP contribution in [0.15, 0.2) is 450 Å². The van der Waals surface area contributed by atoms with Gasteiger partial charge in [0.25, 0.3) is 0 Å². The summed E-state index contributed by atoms with van der Waals surface area (Å²) in [5.74, 6) is 0. The summed E-state index contributed by atoms with van der Waals surface area (Å²) in [5.41, 5.74) is 28.2. The van der Waals surface area contributed by atoms with Gasteiger partial charge in [0.1, 0.15) is 33.5 Å². The standard InChI is InChI=1S/2C43H25NOS.C36H22N2O/c1-2-9-26(10-3-1)34-25-36(30-13-8-12-28(23-30)29-18-22-40-35(24-29)32-15-6-7-16-39(32)46-40)44-43-33(34)19-21-38-42(43)41-31-14-5-4-11-27(31)17-20-37(41)45-38;1-2-9-26(10-3-1)35-25-36(29-19-17-28(18-20-29)31-14-8-15-34-32-13-6-7-16-37(32)45-43(31)34)44-42-33(35)22-24-39-41(42)40-30-12-5-4-11-27(30)21-23-38(40)46-39;1-2-7-24(8-3-1)30-22-31(27-11-6-10-26(21-27)23-17-19-37-20-18-23)38-36-29(30)14-16-33-35(36)34-28-12-5-4-9-25(28)13-15-32(34)39-33/h2*1-25H;1-22H. The number of thiophene rings is 2. The predicted molar refractivity (Wildman–Crippen MR) is 552 cm³/mol. The smallest absolute Gasteiger partial charge is 0.143 e. The molecule has 0 amide bonds. The third kappa shape index (κ3) is 12.9. The van der Waals surface area contributed by atoms with E-state index in [2.05, 4.69) is 405 Å². The number of rotatable bonds is 9. The molecule has 7 nitrogen and oxygen atoms in total. The van der Waals surface area contributed by atoms with E-state index >= 15 is 0 Å². The van der Waals surface area contributed by atoms with E-state index in [1.165, 1.54) is 106 Å². The fourth-order valence-corrected chi connectivity index (χ4v) is 22.1. The SMILES string of the molecule is c1ccc(-c2cc(-c3ccc(-c4cccc5c4oc4ccccc45)cc3)nc3c2ccc2sc4ccc5ccccc5c4c23)cc1.c1ccc(-c2cc(-c3cccc(-c4ccc5sc6ccccc6c5c4)c3)nc3c2ccc2oc4ccc5ccccc5c4c23)cc1.c1ccc(-c2cc(-c3cccc(-c4ccncc4)c3)nc3c2ccc2oc4ccc5ccccc5c4c23)cc1. The maximum Gasteiger partial charge on any atom is 0.143 e. The van der Waals surface area contributed by atoms with Gasteiger partial charge in [0, 0.05) is 113 Å². The summed E-state index contributed by atoms with van der Waals surface area (Å²) in [6.07, 6.45) is 3.66. The van der Waals surface area contributed by atoms with Gasteiger partial charge in [-0.2, -0.15) is 0 Å². The van der Waals surface area contributed by atoms with Crippen molar-refractivity contribution in [1.82, 2.24) is 19.9 Å². The number of furan rings is 3. The highest BCUT2D eigenvalue weighted by Crippen LogP contribution is 2.49. The lowest BCUT2D eigenvalue weighted by molar-refractivity contribution is 0.669. The van der Waals surface area contributed by atoms with E-state index in [9.17, 15) is 0 Å². The number of hydrogen-bond donors (Lipinski definition) is 0. The number of hydrogen-bond acceptors (Lipinski definition) is 9. The highest BCUT2D eigenvalue weighted by Gasteiger charge is 2.25. The minimum Gasteiger partial charge on any atom is -0.456 e. The second-order valence-corrected chi connectivity index (χ2v) is 35.8. The van der Waals surface area contributed by atoms with E-state index in [0.29, 0.717) is 0 Å². The van der Waals surface area contributed by atoms with Crippen LogP contribution in [0.3, 0.4) is 0 Å². The van der Waals surface area contributed by atoms with Crippen molar-refractivity contribution in [2.75, 3.05) is 0 Å². The van der Waals surface area contributed by atoms with Gasteiger partial charge in [0.15, 0.2) is 0 Å². The number of nitrogens with zero attached hydrogens (tertiary/aromatic N) is 4. The Morgan fingerprint density at radius 1 is 0.176 bits per heavy atom. The summed E-state index contributed by atoms with van der Waals surface area (Å²) >= 11 is 3.70. The second kappa shape index (κ2) is 31.0. The zero-order valence-corrected chi connectivity index (χ0v) is 72.0. The summed E-state index contributed by atoms with van der Waals surface area (Å²) in [7, 11) is 0. The van der Waals surface area contributed by atoms with Crippen LogP contribution in [-0.4, -0.2) is 19.9 Å². The molecule has 0 saturated heterocycles. The van der Waals surface area contributed by atoms with Crippen molar-refractivity contribution < 1.29 is 13.3 Å². The molecule has 0 unspecified atom stereocenters. The maximum atomic E-state index is 6.46. The summed E-state index contributed by atoms with van der Waals surface area (Å²) < 4.78 is 24.4. The van der Waals surface area contributed by atoms with Gasteiger partial charge in [-0.25, -0.2) is 15.0 Å². The minimum absolute atomic E-state index is 0.850. The van der Waals surface area contributed by atoms with Gasteiger partial charge in [-0.3, -0.25) is 4.98 Å². The Balaban J connectivity index is 0.000000104. The first-order chi connectivity index (χ1) is 64.9. The molecule has 0 aliphatic carbocycles. The largest absolute Gasteiger partial charge is 0.456 e. The van der Waals surface area contributed by atoms with E-state index in [-0.39, 0.29) is 0 Å². The molecule has 28 aromatic rings. The van der Waals surface area contributed by atoms with Crippen molar-refractivity contribution in [3.05, 3.63) is 437 Å². The van der Waals surface area contributed by atoms with E-state index in [1.54, 1.807) is 0 Å². The second-order valence-electron chi connectivity index (χ2n) is 33.6. The van der Waals surface area contributed by atoms with Gasteiger partial charge >= 0.3 is 0 Å². The van der Waals surface area contributed by atoms with Crippen LogP contribution in [0.4, 0.5) is 0 Å². The Labute approximate surface area is 759 Å². The molecule has 610 valence electrons. The minimum atomic E-state index is 0.850. The first-order valence-electron chi connectivity index (χ1n) is 44.2. The summed E-state index contributed by atoms with van der Waals surface area (Å²) in [6.45, 7) is 0. The summed E-state index contributed by atoms with van der Waals surface area (Å²) in [4.78, 5) is 20.4. The molecule has 0 aliphatic heterocycles. The average Bonchev–Trinajstić information content (AvgIpc) is 1.58. The monoisotopic (exact) mass is 1700 g/mol. The molecule has 0 fully saturated rings. The van der Waals surface area contributed by atoms with Crippen LogP contribution in [0.5, 0.6) is 0 Å². The molecule has 9 heterocycles. The van der Waals surface area contributed by atoms with E-state index in [1.807, 2.05) is 59.3 Å². The van der Waals surface area contributed by atoms with Crippen LogP contribution in [0, 0.1) is 0 Å². The molecule has 0 aliphatic rings. The fourth-order valence-electron chi connectivity index (χ4n) is 19.9. The number of benzene rings is 19. The van der Waals surface area contributed by atoms with Crippen molar-refractivity contribution in [3.63, 3.8) is 0 Å². The zero-order valence-electron chi connectivity index (χ0n) is 70.4. The van der Waals surface area contributed by atoms with Crippen LogP contribution in [0.2, 0.25) is 0 Å². The highest BCUT2D eigenvalue weighted by molar-refractivity contribution is 7.26. The number of para-hydroxylation sites is 2. The van der Waals surface area contributed by atoms with E-state index in [4.69, 9.17) is 28.2 Å². The van der Waals surface area contributed by atoms with E-state index in [0.717, 1.165) is 166 Å². The third-order valence-electron chi connectivity index (χ3n) is 26.1. The van der Waals surface area contributed by atoms with Crippen molar-refractivity contribution in [3.8, 4) is 101 Å². The molecule has 131 heavy (non-hydrogen) atoms. The lowest BCUT2D eigenvalue weighted by Gasteiger charge is -2.12. The maximum absolute atomic E-state index is 6.46. The summed E-state index contributed by atoms with van der Waals surface area (Å²) in [6, 6.07) is 151. The third-order valence-corrected chi connectivity index (χ3v) is 28.4. The van der Waals surface area contributed by atoms with Crippen LogP contribution in [0.25, 0.3) is 272 Å². The van der Waals surface area contributed by atoms with Gasteiger partial charge in [-0.05, 0) is 209 Å². The summed E-state index contributed by atoms with van der Waals surface area (Å²) in [5, 5.41) is 22.4. The van der Waals surface area contributed by atoms with Crippen molar-refractivity contribution in [2.24, 2.45) is 0 Å². The number of aromatic nitrogens is 4. The Morgan fingerprint density at radius 3 is 1.13 bits per heavy atom. The number of fused-ring (bicyclic) bond motifs is 27. The van der Waals surface area contributed by atoms with Gasteiger partial charge in [0.05, 0.1) is 44.4 Å². The molecule has 0 spiro atoms. The lowest BCUT2D eigenvalue weighted by Crippen LogP contribution is -1.91. The molecule has 0 bridgehead atoms. The molecule has 19 aromatic carbocycles. The number of pyridine rings is 4. The molecular formula is C122H72N4O3S2. The molecule has 0 radical (unpaired) electrons.